The molecule has 0 amide bonds. The molecule has 0 radical (unpaired) electrons. The van der Waals surface area contributed by atoms with E-state index in [1.807, 2.05) is 43.0 Å². The predicted octanol–water partition coefficient (Wildman–Crippen LogP) is 2.60. The number of aryl methyl sites for hydroxylation is 1. The van der Waals surface area contributed by atoms with E-state index in [0.29, 0.717) is 0 Å². The molecule has 0 aliphatic rings. The molecule has 0 aliphatic heterocycles. The summed E-state index contributed by atoms with van der Waals surface area (Å²) < 4.78 is 1.91. The van der Waals surface area contributed by atoms with Crippen LogP contribution in [0.25, 0.3) is 5.52 Å². The molecule has 3 heterocycles. The van der Waals surface area contributed by atoms with Gasteiger partial charge in [0, 0.05) is 29.6 Å². The lowest BCUT2D eigenvalue weighted by Gasteiger charge is -2.13. The zero-order valence-electron chi connectivity index (χ0n) is 11.0. The maximum absolute atomic E-state index is 4.54. The molecule has 3 aromatic heterocycles. The van der Waals surface area contributed by atoms with Crippen LogP contribution in [0.15, 0.2) is 36.0 Å². The second kappa shape index (κ2) is 5.11. The molecule has 0 bridgehead atoms. The molecule has 0 saturated carbocycles. The highest BCUT2D eigenvalue weighted by Crippen LogP contribution is 2.23. The molecule has 98 valence electrons. The molecule has 0 aliphatic carbocycles. The van der Waals surface area contributed by atoms with Crippen LogP contribution in [-0.4, -0.2) is 21.6 Å². The van der Waals surface area contributed by atoms with E-state index in [-0.39, 0.29) is 6.04 Å². The smallest absolute Gasteiger partial charge is 0.0897 e. The average molecular weight is 272 g/mol. The van der Waals surface area contributed by atoms with E-state index in [2.05, 4.69) is 26.8 Å². The highest BCUT2D eigenvalue weighted by Gasteiger charge is 2.16. The van der Waals surface area contributed by atoms with Crippen molar-refractivity contribution < 1.29 is 0 Å². The van der Waals surface area contributed by atoms with Gasteiger partial charge in [-0.3, -0.25) is 0 Å². The molecule has 3 aromatic rings. The highest BCUT2D eigenvalue weighted by molar-refractivity contribution is 7.09. The third-order valence-electron chi connectivity index (χ3n) is 3.26. The minimum absolute atomic E-state index is 0.237. The fraction of sp³-hybridized carbons (Fsp3) is 0.286. The average Bonchev–Trinajstić information content (AvgIpc) is 3.02. The van der Waals surface area contributed by atoms with Gasteiger partial charge in [-0.1, -0.05) is 6.07 Å². The molecule has 1 unspecified atom stereocenters. The summed E-state index contributed by atoms with van der Waals surface area (Å²) in [6.45, 7) is 2.04. The quantitative estimate of drug-likeness (QED) is 0.794. The minimum Gasteiger partial charge on any atom is -0.313 e. The van der Waals surface area contributed by atoms with E-state index in [0.717, 1.165) is 22.6 Å². The summed E-state index contributed by atoms with van der Waals surface area (Å²) in [7, 11) is 1.98. The number of fused-ring (bicyclic) bond motifs is 1. The Bertz CT molecular complexity index is 685. The number of pyridine rings is 1. The fourth-order valence-corrected chi connectivity index (χ4v) is 2.93. The van der Waals surface area contributed by atoms with Gasteiger partial charge in [0.2, 0.25) is 0 Å². The van der Waals surface area contributed by atoms with Gasteiger partial charge < -0.3 is 5.32 Å². The Hall–Kier alpha value is -1.72. The van der Waals surface area contributed by atoms with Gasteiger partial charge in [0.15, 0.2) is 0 Å². The molecule has 0 spiro atoms. The van der Waals surface area contributed by atoms with E-state index in [1.54, 1.807) is 11.3 Å². The van der Waals surface area contributed by atoms with Crippen molar-refractivity contribution in [2.24, 2.45) is 0 Å². The first kappa shape index (κ1) is 12.3. The van der Waals surface area contributed by atoms with Crippen molar-refractivity contribution in [2.75, 3.05) is 7.05 Å². The molecule has 1 atom stereocenters. The molecular formula is C14H16N4S. The first-order valence-corrected chi connectivity index (χ1v) is 7.16. The van der Waals surface area contributed by atoms with Crippen LogP contribution in [0.5, 0.6) is 0 Å². The van der Waals surface area contributed by atoms with Crippen molar-refractivity contribution in [3.8, 4) is 0 Å². The van der Waals surface area contributed by atoms with Crippen molar-refractivity contribution in [1.82, 2.24) is 19.9 Å². The van der Waals surface area contributed by atoms with Gasteiger partial charge in [0.05, 0.1) is 22.4 Å². The Morgan fingerprint density at radius 3 is 3.05 bits per heavy atom. The molecule has 0 aromatic carbocycles. The summed E-state index contributed by atoms with van der Waals surface area (Å²) in [6.07, 6.45) is 4.80. The molecule has 3 rings (SSSR count). The largest absolute Gasteiger partial charge is 0.313 e. The first-order chi connectivity index (χ1) is 9.28. The summed E-state index contributed by atoms with van der Waals surface area (Å²) in [6, 6.07) is 6.36. The third-order valence-corrected chi connectivity index (χ3v) is 4.08. The van der Waals surface area contributed by atoms with E-state index in [1.165, 1.54) is 5.56 Å². The summed E-state index contributed by atoms with van der Waals surface area (Å²) in [5.74, 6) is 0. The Morgan fingerprint density at radius 2 is 2.32 bits per heavy atom. The van der Waals surface area contributed by atoms with E-state index >= 15 is 0 Å². The Labute approximate surface area is 116 Å². The number of rotatable bonds is 4. The zero-order valence-corrected chi connectivity index (χ0v) is 11.8. The normalized spacial score (nSPS) is 12.9. The summed E-state index contributed by atoms with van der Waals surface area (Å²) in [4.78, 5) is 4.54. The van der Waals surface area contributed by atoms with Crippen molar-refractivity contribution >= 4 is 16.9 Å². The van der Waals surface area contributed by atoms with Gasteiger partial charge in [-0.15, -0.1) is 11.3 Å². The van der Waals surface area contributed by atoms with E-state index in [9.17, 15) is 0 Å². The van der Waals surface area contributed by atoms with Gasteiger partial charge in [-0.25, -0.2) is 9.50 Å². The highest BCUT2D eigenvalue weighted by atomic mass is 32.1. The molecule has 5 heteroatoms. The van der Waals surface area contributed by atoms with Crippen LogP contribution in [-0.2, 0) is 6.42 Å². The topological polar surface area (TPSA) is 42.2 Å². The summed E-state index contributed by atoms with van der Waals surface area (Å²) in [5.41, 5.74) is 3.50. The number of hydrogen-bond donors (Lipinski definition) is 1. The number of aromatic nitrogens is 3. The standard InChI is InChI=1S/C14H16N4S/c1-10-17-11(9-19-10)7-13(15-2)12-8-16-18-6-4-3-5-14(12)18/h3-6,8-9,13,15H,7H2,1-2H3. The van der Waals surface area contributed by atoms with E-state index < -0.39 is 0 Å². The van der Waals surface area contributed by atoms with Crippen LogP contribution in [0.3, 0.4) is 0 Å². The maximum Gasteiger partial charge on any atom is 0.0897 e. The lowest BCUT2D eigenvalue weighted by Crippen LogP contribution is -2.18. The number of thiazole rings is 1. The molecule has 1 N–H and O–H groups in total. The van der Waals surface area contributed by atoms with Crippen LogP contribution < -0.4 is 5.32 Å². The number of hydrogen-bond acceptors (Lipinski definition) is 4. The van der Waals surface area contributed by atoms with Crippen LogP contribution in [0.2, 0.25) is 0 Å². The lowest BCUT2D eigenvalue weighted by atomic mass is 10.0. The molecule has 0 fully saturated rings. The van der Waals surface area contributed by atoms with Gasteiger partial charge in [0.1, 0.15) is 0 Å². The maximum atomic E-state index is 4.54. The van der Waals surface area contributed by atoms with E-state index in [4.69, 9.17) is 0 Å². The van der Waals surface area contributed by atoms with Gasteiger partial charge in [0.25, 0.3) is 0 Å². The second-order valence-electron chi connectivity index (χ2n) is 4.53. The van der Waals surface area contributed by atoms with Crippen molar-refractivity contribution in [3.05, 3.63) is 52.2 Å². The number of nitrogens with zero attached hydrogens (tertiary/aromatic N) is 3. The van der Waals surface area contributed by atoms with Crippen LogP contribution >= 0.6 is 11.3 Å². The molecule has 19 heavy (non-hydrogen) atoms. The summed E-state index contributed by atoms with van der Waals surface area (Å²) >= 11 is 1.70. The zero-order chi connectivity index (χ0) is 13.2. The fourth-order valence-electron chi connectivity index (χ4n) is 2.30. The van der Waals surface area contributed by atoms with Crippen LogP contribution in [0.1, 0.15) is 22.3 Å². The molecule has 4 nitrogen and oxygen atoms in total. The summed E-state index contributed by atoms with van der Waals surface area (Å²) in [5, 5.41) is 11.0. The second-order valence-corrected chi connectivity index (χ2v) is 5.60. The first-order valence-electron chi connectivity index (χ1n) is 6.28. The Balaban J connectivity index is 1.93. The van der Waals surface area contributed by atoms with Gasteiger partial charge in [-0.05, 0) is 26.1 Å². The third kappa shape index (κ3) is 2.39. The number of nitrogens with one attached hydrogen (secondary N) is 1. The number of likely N-dealkylation sites (N-methyl/N-ethyl adjacent to an activating group) is 1. The molecular weight excluding hydrogens is 256 g/mol. The van der Waals surface area contributed by atoms with Crippen LogP contribution in [0.4, 0.5) is 0 Å². The van der Waals surface area contributed by atoms with Crippen molar-refractivity contribution in [2.45, 2.75) is 19.4 Å². The van der Waals surface area contributed by atoms with Crippen molar-refractivity contribution in [1.29, 1.82) is 0 Å². The Kier molecular flexibility index (Phi) is 3.31. The van der Waals surface area contributed by atoms with Crippen molar-refractivity contribution in [3.63, 3.8) is 0 Å². The van der Waals surface area contributed by atoms with Gasteiger partial charge in [-0.2, -0.15) is 5.10 Å². The monoisotopic (exact) mass is 272 g/mol. The molecule has 0 saturated heterocycles. The Morgan fingerprint density at radius 1 is 1.42 bits per heavy atom. The lowest BCUT2D eigenvalue weighted by molar-refractivity contribution is 0.589. The van der Waals surface area contributed by atoms with Crippen LogP contribution in [0, 0.1) is 6.92 Å². The van der Waals surface area contributed by atoms with Gasteiger partial charge >= 0.3 is 0 Å². The SMILES string of the molecule is CNC(Cc1csc(C)n1)c1cnn2ccccc12. The minimum atomic E-state index is 0.237. The predicted molar refractivity (Wildman–Crippen MR) is 77.5 cm³/mol.